The highest BCUT2D eigenvalue weighted by atomic mass is 16.8. The van der Waals surface area contributed by atoms with Crippen LogP contribution in [0.25, 0.3) is 6.08 Å². The molecule has 3 aromatic carbocycles. The molecule has 1 amide bonds. The molecule has 4 aromatic rings. The number of carboxylic acid groups (broad SMARTS) is 1. The fourth-order valence-electron chi connectivity index (χ4n) is 12.0. The number of hydrogen-bond donors (Lipinski definition) is 11. The molecule has 2 saturated carbocycles. The van der Waals surface area contributed by atoms with E-state index in [4.69, 9.17) is 9.47 Å². The lowest BCUT2D eigenvalue weighted by molar-refractivity contribution is -0.422. The Morgan fingerprint density at radius 1 is 0.923 bits per heavy atom. The van der Waals surface area contributed by atoms with E-state index in [0.717, 1.165) is 35.9 Å². The molecule has 9 rings (SSSR count). The Balaban J connectivity index is 1.25. The Morgan fingerprint density at radius 2 is 1.69 bits per heavy atom. The molecule has 17 heteroatoms. The first kappa shape index (κ1) is 44.4. The van der Waals surface area contributed by atoms with Gasteiger partial charge in [-0.15, -0.1) is 0 Å². The number of carboxylic acids is 1. The minimum Gasteiger partial charge on any atom is -0.508 e. The van der Waals surface area contributed by atoms with Gasteiger partial charge >= 0.3 is 11.9 Å². The van der Waals surface area contributed by atoms with Crippen LogP contribution in [0.2, 0.25) is 0 Å². The standard InChI is InChI=1S/C48H53N3O14/c52-23-27-12-15-46(45(13-4-1-5-14-45)32-6-2-3-7-35(32)55)29(17-27)21-47(44(61)62)42(46)31-19-36(56)37(64-48(63)43(60)41(59)40(58)38(24-53)65-48)20-33(31)51(47)39(57)11-9-26-8-10-34(54)28(16-26)18-30-22-49-25-50-30/h2-3,6-11,16,19-22,25,27,38,40-43,52-56,58-60,63H,1,4-5,12-15,17-18,23-24H2,(H,49,50)(H,61,62)/b11-9+/t27-,38+,40+,41-,42-,43+,46-,47+,48-/m0/s1. The zero-order valence-corrected chi connectivity index (χ0v) is 35.3. The number of nitrogens with zero attached hydrogens (tertiary/aromatic N) is 2. The molecule has 3 fully saturated rings. The smallest absolute Gasteiger partial charge is 0.355 e. The third-order valence-corrected chi connectivity index (χ3v) is 14.8. The van der Waals surface area contributed by atoms with Crippen molar-refractivity contribution in [2.75, 3.05) is 18.1 Å². The summed E-state index contributed by atoms with van der Waals surface area (Å²) in [6.07, 6.45) is 4.43. The maximum absolute atomic E-state index is 15.2. The van der Waals surface area contributed by atoms with Crippen LogP contribution in [0.4, 0.5) is 5.69 Å². The summed E-state index contributed by atoms with van der Waals surface area (Å²) in [6, 6.07) is 14.2. The van der Waals surface area contributed by atoms with Crippen molar-refractivity contribution in [2.24, 2.45) is 11.3 Å². The number of phenolic OH excluding ortho intramolecular Hbond substituents is 3. The van der Waals surface area contributed by atoms with Crippen molar-refractivity contribution < 1.29 is 70.1 Å². The molecule has 0 bridgehead atoms. The maximum atomic E-state index is 15.2. The van der Waals surface area contributed by atoms with Crippen LogP contribution in [-0.2, 0) is 26.2 Å². The molecular formula is C48H53N3O14. The number of aromatic hydroxyl groups is 3. The van der Waals surface area contributed by atoms with Crippen LogP contribution < -0.4 is 9.64 Å². The van der Waals surface area contributed by atoms with E-state index in [1.54, 1.807) is 36.5 Å². The number of hydrogen-bond acceptors (Lipinski definition) is 14. The molecule has 11 N–H and O–H groups in total. The highest BCUT2D eigenvalue weighted by Gasteiger charge is 2.75. The minimum atomic E-state index is -3.17. The van der Waals surface area contributed by atoms with Crippen LogP contribution in [0.1, 0.15) is 85.2 Å². The molecule has 3 aliphatic carbocycles. The molecule has 5 aliphatic rings. The number of rotatable bonds is 11. The predicted octanol–water partition coefficient (Wildman–Crippen LogP) is 3.20. The number of aromatic amines is 1. The summed E-state index contributed by atoms with van der Waals surface area (Å²) in [5, 5.41) is 110. The number of allylic oxidation sites excluding steroid dienone is 1. The molecule has 2 aliphatic heterocycles. The van der Waals surface area contributed by atoms with E-state index in [2.05, 4.69) is 9.97 Å². The minimum absolute atomic E-state index is 0.00498. The number of ether oxygens (including phenoxy) is 2. The molecular weight excluding hydrogens is 843 g/mol. The average molecular weight is 896 g/mol. The number of amides is 1. The first-order valence-corrected chi connectivity index (χ1v) is 21.9. The lowest BCUT2D eigenvalue weighted by Crippen LogP contribution is -2.67. The van der Waals surface area contributed by atoms with E-state index in [9.17, 15) is 55.9 Å². The van der Waals surface area contributed by atoms with E-state index in [-0.39, 0.29) is 35.3 Å². The van der Waals surface area contributed by atoms with Gasteiger partial charge in [0.15, 0.2) is 23.1 Å². The summed E-state index contributed by atoms with van der Waals surface area (Å²) >= 11 is 0. The van der Waals surface area contributed by atoms with E-state index in [0.29, 0.717) is 60.8 Å². The molecule has 0 radical (unpaired) electrons. The molecule has 3 heterocycles. The summed E-state index contributed by atoms with van der Waals surface area (Å²) in [5.41, 5.74) is -0.928. The number of phenols is 3. The quantitative estimate of drug-likeness (QED) is 0.0586. The average Bonchev–Trinajstić information content (AvgIpc) is 4.00. The zero-order chi connectivity index (χ0) is 46.1. The van der Waals surface area contributed by atoms with Gasteiger partial charge in [-0.1, -0.05) is 49.1 Å². The van der Waals surface area contributed by atoms with Crippen molar-refractivity contribution in [2.45, 2.75) is 105 Å². The Bertz CT molecular complexity index is 2540. The van der Waals surface area contributed by atoms with Crippen molar-refractivity contribution in [3.63, 3.8) is 0 Å². The number of anilines is 1. The normalized spacial score (nSPS) is 31.5. The molecule has 65 heavy (non-hydrogen) atoms. The summed E-state index contributed by atoms with van der Waals surface area (Å²) in [5.74, 6) is -7.96. The monoisotopic (exact) mass is 895 g/mol. The van der Waals surface area contributed by atoms with Crippen LogP contribution in [-0.4, -0.2) is 122 Å². The molecule has 17 nitrogen and oxygen atoms in total. The van der Waals surface area contributed by atoms with Crippen molar-refractivity contribution >= 4 is 23.6 Å². The first-order chi connectivity index (χ1) is 31.1. The number of H-pyrrole nitrogens is 1. The van der Waals surface area contributed by atoms with E-state index < -0.39 is 82.7 Å². The third kappa shape index (κ3) is 6.82. The van der Waals surface area contributed by atoms with Gasteiger partial charge in [-0.05, 0) is 85.6 Å². The van der Waals surface area contributed by atoms with Gasteiger partial charge in [0.1, 0.15) is 29.8 Å². The largest absolute Gasteiger partial charge is 0.508 e. The summed E-state index contributed by atoms with van der Waals surface area (Å²) in [7, 11) is 0. The lowest BCUT2D eigenvalue weighted by Gasteiger charge is -2.59. The predicted molar refractivity (Wildman–Crippen MR) is 231 cm³/mol. The molecule has 0 spiro atoms. The first-order valence-electron chi connectivity index (χ1n) is 21.9. The Hall–Kier alpha value is -5.79. The lowest BCUT2D eigenvalue weighted by atomic mass is 9.44. The number of benzene rings is 3. The van der Waals surface area contributed by atoms with Gasteiger partial charge in [-0.2, -0.15) is 0 Å². The second-order valence-corrected chi connectivity index (χ2v) is 18.2. The Morgan fingerprint density at radius 3 is 2.38 bits per heavy atom. The molecule has 9 atom stereocenters. The van der Waals surface area contributed by atoms with E-state index >= 15 is 4.79 Å². The highest BCUT2D eigenvalue weighted by molar-refractivity contribution is 6.13. The summed E-state index contributed by atoms with van der Waals surface area (Å²) in [6.45, 7) is -1.08. The second-order valence-electron chi connectivity index (χ2n) is 18.2. The van der Waals surface area contributed by atoms with Crippen molar-refractivity contribution in [1.82, 2.24) is 9.97 Å². The SMILES string of the molecule is O=C(/C=C/c1ccc(O)c(Cc2cnc[nH]2)c1)N1c2cc(O[C@]3(O)O[C@H](CO)[C@@H](O)[C@H](O)[C@H]3O)c(O)cc2[C@@H]2[C@@]1(C(=O)O)C=C1C[C@@H](CO)CC[C@]12C1(c2ccccc2O)CCCCC1. The fraction of sp³-hybridized carbons (Fsp3) is 0.438. The van der Waals surface area contributed by atoms with E-state index in [1.807, 2.05) is 12.1 Å². The van der Waals surface area contributed by atoms with Gasteiger partial charge < -0.3 is 65.5 Å². The highest BCUT2D eigenvalue weighted by Crippen LogP contribution is 2.76. The number of fused-ring (bicyclic) bond motifs is 5. The topological polar surface area (TPSA) is 287 Å². The Kier molecular flexibility index (Phi) is 11.3. The van der Waals surface area contributed by atoms with E-state index in [1.165, 1.54) is 30.6 Å². The number of imidazole rings is 1. The van der Waals surface area contributed by atoms with Crippen molar-refractivity contribution in [1.29, 1.82) is 0 Å². The molecule has 1 aromatic heterocycles. The number of nitrogens with one attached hydrogen (secondary N) is 1. The zero-order valence-electron chi connectivity index (χ0n) is 35.3. The summed E-state index contributed by atoms with van der Waals surface area (Å²) in [4.78, 5) is 37.9. The van der Waals surface area contributed by atoms with Crippen molar-refractivity contribution in [3.8, 4) is 23.0 Å². The van der Waals surface area contributed by atoms with Gasteiger partial charge in [-0.3, -0.25) is 9.69 Å². The van der Waals surface area contributed by atoms with Gasteiger partial charge in [-0.25, -0.2) is 9.78 Å². The number of aliphatic hydroxyl groups is 6. The van der Waals surface area contributed by atoms with Gasteiger partial charge in [0.25, 0.3) is 5.91 Å². The number of aromatic nitrogens is 2. The van der Waals surface area contributed by atoms with Crippen LogP contribution in [0.3, 0.4) is 0 Å². The van der Waals surface area contributed by atoms with Gasteiger partial charge in [0.2, 0.25) is 0 Å². The van der Waals surface area contributed by atoms with Crippen LogP contribution in [0, 0.1) is 11.3 Å². The number of para-hydroxylation sites is 1. The maximum Gasteiger partial charge on any atom is 0.355 e. The number of carbonyl (C=O) groups is 2. The number of carbonyl (C=O) groups excluding carboxylic acids is 1. The third-order valence-electron chi connectivity index (χ3n) is 14.8. The van der Waals surface area contributed by atoms with Gasteiger partial charge in [0.05, 0.1) is 18.6 Å². The van der Waals surface area contributed by atoms with Crippen LogP contribution >= 0.6 is 0 Å². The molecule has 0 unspecified atom stereocenters. The molecule has 344 valence electrons. The van der Waals surface area contributed by atoms with Crippen molar-refractivity contribution in [3.05, 3.63) is 113 Å². The van der Waals surface area contributed by atoms with Crippen LogP contribution in [0.5, 0.6) is 23.0 Å². The fourth-order valence-corrected chi connectivity index (χ4v) is 12.0. The second kappa shape index (κ2) is 16.6. The van der Waals surface area contributed by atoms with Gasteiger partial charge in [0, 0.05) is 64.9 Å². The number of aliphatic carboxylic acids is 1. The van der Waals surface area contributed by atoms with Crippen LogP contribution in [0.15, 0.2) is 84.8 Å². The molecule has 1 saturated heterocycles. The number of aliphatic hydroxyl groups excluding tert-OH is 5. The Labute approximate surface area is 373 Å². The summed E-state index contributed by atoms with van der Waals surface area (Å²) < 4.78 is 11.1.